The van der Waals surface area contributed by atoms with E-state index in [2.05, 4.69) is 0 Å². The van der Waals surface area contributed by atoms with Gasteiger partial charge in [-0.05, 0) is 41.8 Å². The third-order valence-electron chi connectivity index (χ3n) is 3.07. The van der Waals surface area contributed by atoms with Crippen molar-refractivity contribution in [2.24, 2.45) is 0 Å². The molecule has 0 aliphatic heterocycles. The Labute approximate surface area is 127 Å². The van der Waals surface area contributed by atoms with Crippen LogP contribution in [0.4, 0.5) is 0 Å². The molecule has 0 aliphatic carbocycles. The maximum Gasteiger partial charge on any atom is 0.0502 e. The lowest BCUT2D eigenvalue weighted by molar-refractivity contribution is 0.264. The van der Waals surface area contributed by atoms with E-state index < -0.39 is 0 Å². The smallest absolute Gasteiger partial charge is 0.0502 e. The second kappa shape index (κ2) is 6.62. The number of rotatable bonds is 4. The average molecular weight is 316 g/mol. The van der Waals surface area contributed by atoms with Gasteiger partial charge in [0.1, 0.15) is 0 Å². The molecule has 2 aromatic carbocycles. The van der Waals surface area contributed by atoms with Gasteiger partial charge in [0.25, 0.3) is 0 Å². The van der Waals surface area contributed by atoms with Gasteiger partial charge in [0.15, 0.2) is 0 Å². The summed E-state index contributed by atoms with van der Waals surface area (Å²) in [6.45, 7) is 0.0309. The summed E-state index contributed by atoms with van der Waals surface area (Å²) in [5, 5.41) is 11.5. The number of hydrogen-bond donors (Lipinski definition) is 1. The molecule has 0 unspecified atom stereocenters. The lowest BCUT2D eigenvalue weighted by Crippen LogP contribution is -2.08. The highest BCUT2D eigenvalue weighted by Gasteiger charge is 2.15. The van der Waals surface area contributed by atoms with Gasteiger partial charge in [0, 0.05) is 21.0 Å². The van der Waals surface area contributed by atoms with Crippen LogP contribution in [0.2, 0.25) is 15.1 Å². The van der Waals surface area contributed by atoms with Crippen molar-refractivity contribution in [2.45, 2.75) is 12.3 Å². The van der Waals surface area contributed by atoms with Crippen molar-refractivity contribution in [3.05, 3.63) is 68.7 Å². The molecule has 0 heterocycles. The van der Waals surface area contributed by atoms with Gasteiger partial charge in [-0.1, -0.05) is 53.0 Å². The highest BCUT2D eigenvalue weighted by atomic mass is 35.5. The molecular weight excluding hydrogens is 303 g/mol. The Morgan fingerprint density at radius 3 is 2.00 bits per heavy atom. The molecule has 2 rings (SSSR count). The van der Waals surface area contributed by atoms with E-state index in [1.54, 1.807) is 12.1 Å². The minimum atomic E-state index is -0.0466. The molecule has 0 radical (unpaired) electrons. The zero-order valence-corrected chi connectivity index (χ0v) is 12.4. The Morgan fingerprint density at radius 1 is 0.895 bits per heavy atom. The van der Waals surface area contributed by atoms with Crippen LogP contribution in [-0.4, -0.2) is 11.7 Å². The Bertz CT molecular complexity index is 532. The first-order chi connectivity index (χ1) is 9.11. The summed E-state index contributed by atoms with van der Waals surface area (Å²) in [6, 6.07) is 12.9. The quantitative estimate of drug-likeness (QED) is 0.845. The van der Waals surface area contributed by atoms with Gasteiger partial charge in [-0.15, -0.1) is 0 Å². The van der Waals surface area contributed by atoms with Crippen molar-refractivity contribution in [3.63, 3.8) is 0 Å². The monoisotopic (exact) mass is 314 g/mol. The van der Waals surface area contributed by atoms with Crippen LogP contribution < -0.4 is 0 Å². The molecule has 0 spiro atoms. The van der Waals surface area contributed by atoms with Gasteiger partial charge >= 0.3 is 0 Å². The van der Waals surface area contributed by atoms with Crippen LogP contribution in [-0.2, 0) is 6.42 Å². The first-order valence-corrected chi connectivity index (χ1v) is 7.04. The minimum Gasteiger partial charge on any atom is -0.396 e. The van der Waals surface area contributed by atoms with E-state index in [1.165, 1.54) is 0 Å². The van der Waals surface area contributed by atoms with Crippen molar-refractivity contribution >= 4 is 34.8 Å². The summed E-state index contributed by atoms with van der Waals surface area (Å²) < 4.78 is 0. The third-order valence-corrected chi connectivity index (χ3v) is 4.03. The number of hydrogen-bond acceptors (Lipinski definition) is 1. The Balaban J connectivity index is 2.26. The molecule has 0 bridgehead atoms. The highest BCUT2D eigenvalue weighted by Crippen LogP contribution is 2.30. The molecule has 4 heteroatoms. The molecule has 100 valence electrons. The van der Waals surface area contributed by atoms with Crippen molar-refractivity contribution in [3.8, 4) is 0 Å². The van der Waals surface area contributed by atoms with Gasteiger partial charge in [-0.2, -0.15) is 0 Å². The summed E-state index contributed by atoms with van der Waals surface area (Å²) in [5.74, 6) is -0.0466. The van der Waals surface area contributed by atoms with E-state index in [-0.39, 0.29) is 12.5 Å². The summed E-state index contributed by atoms with van der Waals surface area (Å²) in [7, 11) is 0. The Hall–Kier alpha value is -0.730. The van der Waals surface area contributed by atoms with Gasteiger partial charge in [0.05, 0.1) is 6.61 Å². The number of benzene rings is 2. The van der Waals surface area contributed by atoms with E-state index in [9.17, 15) is 5.11 Å². The Morgan fingerprint density at radius 2 is 1.47 bits per heavy atom. The molecule has 1 N–H and O–H groups in total. The fourth-order valence-electron chi connectivity index (χ4n) is 2.00. The first kappa shape index (κ1) is 14.7. The standard InChI is InChI=1S/C15H13Cl3O/c16-12-6-4-10(5-7-12)11(9-19)8-13-14(17)2-1-3-15(13)18/h1-7,11,19H,8-9H2/t11-/m0/s1. The van der Waals surface area contributed by atoms with E-state index >= 15 is 0 Å². The second-order valence-electron chi connectivity index (χ2n) is 4.34. The van der Waals surface area contributed by atoms with Crippen LogP contribution in [0.5, 0.6) is 0 Å². The van der Waals surface area contributed by atoms with Gasteiger partial charge in [-0.25, -0.2) is 0 Å². The molecule has 0 saturated heterocycles. The fourth-order valence-corrected chi connectivity index (χ4v) is 2.67. The normalized spacial score (nSPS) is 12.4. The van der Waals surface area contributed by atoms with Crippen LogP contribution in [0.3, 0.4) is 0 Å². The molecule has 0 amide bonds. The molecule has 1 nitrogen and oxygen atoms in total. The SMILES string of the molecule is OC[C@H](Cc1c(Cl)cccc1Cl)c1ccc(Cl)cc1. The number of aliphatic hydroxyl groups excluding tert-OH is 1. The molecule has 1 atom stereocenters. The first-order valence-electron chi connectivity index (χ1n) is 5.91. The van der Waals surface area contributed by atoms with E-state index in [1.807, 2.05) is 30.3 Å². The predicted molar refractivity (Wildman–Crippen MR) is 81.4 cm³/mol. The number of halogens is 3. The Kier molecular flexibility index (Phi) is 5.12. The molecule has 0 aliphatic rings. The van der Waals surface area contributed by atoms with Crippen LogP contribution in [0.25, 0.3) is 0 Å². The summed E-state index contributed by atoms with van der Waals surface area (Å²) in [6.07, 6.45) is 0.594. The summed E-state index contributed by atoms with van der Waals surface area (Å²) in [4.78, 5) is 0. The molecule has 0 aromatic heterocycles. The predicted octanol–water partition coefficient (Wildman–Crippen LogP) is 4.97. The van der Waals surface area contributed by atoms with E-state index in [4.69, 9.17) is 34.8 Å². The van der Waals surface area contributed by atoms with Crippen LogP contribution in [0.15, 0.2) is 42.5 Å². The van der Waals surface area contributed by atoms with E-state index in [0.29, 0.717) is 21.5 Å². The lowest BCUT2D eigenvalue weighted by Gasteiger charge is -2.16. The molecule has 0 saturated carbocycles. The van der Waals surface area contributed by atoms with Crippen molar-refractivity contribution in [1.29, 1.82) is 0 Å². The maximum absolute atomic E-state index is 9.57. The fraction of sp³-hybridized carbons (Fsp3) is 0.200. The average Bonchev–Trinajstić information content (AvgIpc) is 2.40. The highest BCUT2D eigenvalue weighted by molar-refractivity contribution is 6.36. The summed E-state index contributed by atoms with van der Waals surface area (Å²) in [5.41, 5.74) is 1.88. The van der Waals surface area contributed by atoms with Crippen molar-refractivity contribution in [1.82, 2.24) is 0 Å². The second-order valence-corrected chi connectivity index (χ2v) is 5.59. The maximum atomic E-state index is 9.57. The van der Waals surface area contributed by atoms with Crippen LogP contribution in [0, 0.1) is 0 Å². The van der Waals surface area contributed by atoms with Crippen LogP contribution >= 0.6 is 34.8 Å². The van der Waals surface area contributed by atoms with Crippen LogP contribution in [0.1, 0.15) is 17.0 Å². The lowest BCUT2D eigenvalue weighted by atomic mass is 9.92. The van der Waals surface area contributed by atoms with Crippen molar-refractivity contribution < 1.29 is 5.11 Å². The minimum absolute atomic E-state index is 0.0309. The third kappa shape index (κ3) is 3.64. The molecule has 0 fully saturated rings. The topological polar surface area (TPSA) is 20.2 Å². The van der Waals surface area contributed by atoms with Gasteiger partial charge in [0.2, 0.25) is 0 Å². The zero-order valence-electron chi connectivity index (χ0n) is 10.1. The molecular formula is C15H13Cl3O. The van der Waals surface area contributed by atoms with Crippen molar-refractivity contribution in [2.75, 3.05) is 6.61 Å². The summed E-state index contributed by atoms with van der Waals surface area (Å²) >= 11 is 18.2. The molecule has 2 aromatic rings. The largest absolute Gasteiger partial charge is 0.396 e. The molecule has 19 heavy (non-hydrogen) atoms. The van der Waals surface area contributed by atoms with Gasteiger partial charge < -0.3 is 5.11 Å². The zero-order chi connectivity index (χ0) is 13.8. The van der Waals surface area contributed by atoms with E-state index in [0.717, 1.165) is 11.1 Å². The van der Waals surface area contributed by atoms with Gasteiger partial charge in [-0.3, -0.25) is 0 Å². The number of aliphatic hydroxyl groups is 1.